The van der Waals surface area contributed by atoms with E-state index in [9.17, 15) is 4.79 Å². The topological polar surface area (TPSA) is 56.7 Å². The van der Waals surface area contributed by atoms with Crippen molar-refractivity contribution in [1.29, 1.82) is 0 Å². The minimum absolute atomic E-state index is 0. The standard InChI is InChI=1S/C15H24N4O.HI/c1-3-9-17-15(16-2)18-13-8-10-19(11-13)14(20)12-6-4-5-7-12;/h1,12-13H,4-11H2,2H3,(H2,16,17,18);1H. The Bertz CT molecular complexity index is 412. The average molecular weight is 404 g/mol. The molecule has 2 fully saturated rings. The normalized spacial score (nSPS) is 22.6. The summed E-state index contributed by atoms with van der Waals surface area (Å²) in [6, 6.07) is 0.268. The van der Waals surface area contributed by atoms with Gasteiger partial charge in [0.15, 0.2) is 5.96 Å². The van der Waals surface area contributed by atoms with E-state index in [1.807, 2.05) is 4.90 Å². The number of carbonyl (C=O) groups excluding carboxylic acids is 1. The van der Waals surface area contributed by atoms with Gasteiger partial charge in [-0.2, -0.15) is 0 Å². The van der Waals surface area contributed by atoms with Crippen molar-refractivity contribution in [1.82, 2.24) is 15.5 Å². The number of nitrogens with zero attached hydrogens (tertiary/aromatic N) is 2. The van der Waals surface area contributed by atoms with Crippen LogP contribution in [0.25, 0.3) is 0 Å². The first-order valence-electron chi connectivity index (χ1n) is 7.44. The van der Waals surface area contributed by atoms with E-state index in [2.05, 4.69) is 21.5 Å². The summed E-state index contributed by atoms with van der Waals surface area (Å²) in [7, 11) is 1.72. The Hall–Kier alpha value is -0.970. The van der Waals surface area contributed by atoms with Gasteiger partial charge in [-0.3, -0.25) is 9.79 Å². The highest BCUT2D eigenvalue weighted by atomic mass is 127. The zero-order valence-electron chi connectivity index (χ0n) is 12.6. The third kappa shape index (κ3) is 5.06. The van der Waals surface area contributed by atoms with Gasteiger partial charge in [0, 0.05) is 32.1 Å². The Kier molecular flexibility index (Phi) is 7.86. The Balaban J connectivity index is 0.00000220. The van der Waals surface area contributed by atoms with E-state index in [4.69, 9.17) is 6.42 Å². The van der Waals surface area contributed by atoms with Crippen LogP contribution in [0.5, 0.6) is 0 Å². The molecule has 21 heavy (non-hydrogen) atoms. The minimum atomic E-state index is 0. The molecule has 0 aromatic carbocycles. The van der Waals surface area contributed by atoms with Crippen molar-refractivity contribution in [3.63, 3.8) is 0 Å². The lowest BCUT2D eigenvalue weighted by atomic mass is 10.1. The molecule has 2 aliphatic rings. The van der Waals surface area contributed by atoms with Gasteiger partial charge in [0.1, 0.15) is 0 Å². The third-order valence-electron chi connectivity index (χ3n) is 4.13. The smallest absolute Gasteiger partial charge is 0.225 e. The number of nitrogens with one attached hydrogen (secondary N) is 2. The molecule has 2 rings (SSSR count). The summed E-state index contributed by atoms with van der Waals surface area (Å²) in [5.41, 5.74) is 0. The summed E-state index contributed by atoms with van der Waals surface area (Å²) < 4.78 is 0. The highest BCUT2D eigenvalue weighted by Gasteiger charge is 2.32. The van der Waals surface area contributed by atoms with Gasteiger partial charge in [0.05, 0.1) is 6.54 Å². The van der Waals surface area contributed by atoms with Crippen LogP contribution >= 0.6 is 24.0 Å². The molecule has 1 saturated carbocycles. The van der Waals surface area contributed by atoms with Crippen LogP contribution in [-0.2, 0) is 4.79 Å². The molecule has 1 aliphatic heterocycles. The van der Waals surface area contributed by atoms with Gasteiger partial charge in [-0.15, -0.1) is 30.4 Å². The molecule has 0 bridgehead atoms. The SMILES string of the molecule is C#CCNC(=NC)NC1CCN(C(=O)C2CCCC2)C1.I. The van der Waals surface area contributed by atoms with Crippen LogP contribution in [-0.4, -0.2) is 49.5 Å². The lowest BCUT2D eigenvalue weighted by Gasteiger charge is -2.21. The van der Waals surface area contributed by atoms with E-state index in [1.165, 1.54) is 12.8 Å². The molecule has 0 aromatic heterocycles. The van der Waals surface area contributed by atoms with Gasteiger partial charge in [-0.25, -0.2) is 0 Å². The van der Waals surface area contributed by atoms with Crippen LogP contribution in [0, 0.1) is 18.3 Å². The molecule has 2 N–H and O–H groups in total. The monoisotopic (exact) mass is 404 g/mol. The van der Waals surface area contributed by atoms with E-state index in [1.54, 1.807) is 7.05 Å². The van der Waals surface area contributed by atoms with Crippen molar-refractivity contribution in [2.45, 2.75) is 38.1 Å². The molecule has 6 heteroatoms. The molecule has 118 valence electrons. The summed E-state index contributed by atoms with van der Waals surface area (Å²) in [4.78, 5) is 18.5. The molecular weight excluding hydrogens is 379 g/mol. The Morgan fingerprint density at radius 2 is 2.10 bits per heavy atom. The highest BCUT2D eigenvalue weighted by molar-refractivity contribution is 14.0. The number of likely N-dealkylation sites (tertiary alicyclic amines) is 1. The highest BCUT2D eigenvalue weighted by Crippen LogP contribution is 2.27. The maximum atomic E-state index is 12.3. The van der Waals surface area contributed by atoms with Crippen LogP contribution in [0.2, 0.25) is 0 Å². The predicted molar refractivity (Wildman–Crippen MR) is 95.7 cm³/mol. The van der Waals surface area contributed by atoms with Gasteiger partial charge < -0.3 is 15.5 Å². The first-order chi connectivity index (χ1) is 9.74. The maximum absolute atomic E-state index is 12.3. The second kappa shape index (κ2) is 9.13. The summed E-state index contributed by atoms with van der Waals surface area (Å²) in [6.07, 6.45) is 10.7. The lowest BCUT2D eigenvalue weighted by Crippen LogP contribution is -2.45. The molecule has 1 amide bonds. The number of amides is 1. The predicted octanol–water partition coefficient (Wildman–Crippen LogP) is 1.19. The minimum Gasteiger partial charge on any atom is -0.352 e. The second-order valence-electron chi connectivity index (χ2n) is 5.53. The molecule has 1 atom stereocenters. The van der Waals surface area contributed by atoms with Gasteiger partial charge >= 0.3 is 0 Å². The van der Waals surface area contributed by atoms with Crippen molar-refractivity contribution in [3.8, 4) is 12.3 Å². The van der Waals surface area contributed by atoms with Crippen LogP contribution < -0.4 is 10.6 Å². The summed E-state index contributed by atoms with van der Waals surface area (Å²) in [5.74, 6) is 3.85. The van der Waals surface area contributed by atoms with E-state index >= 15 is 0 Å². The number of hydrogen-bond donors (Lipinski definition) is 2. The molecule has 1 heterocycles. The average Bonchev–Trinajstić information content (AvgIpc) is 3.13. The van der Waals surface area contributed by atoms with Gasteiger partial charge in [-0.1, -0.05) is 18.8 Å². The van der Waals surface area contributed by atoms with Gasteiger partial charge in [0.2, 0.25) is 5.91 Å². The van der Waals surface area contributed by atoms with Gasteiger partial charge in [-0.05, 0) is 19.3 Å². The number of halogens is 1. The second-order valence-corrected chi connectivity index (χ2v) is 5.53. The largest absolute Gasteiger partial charge is 0.352 e. The number of aliphatic imine (C=N–C) groups is 1. The molecule has 0 aromatic rings. The molecule has 0 spiro atoms. The number of carbonyl (C=O) groups is 1. The molecule has 1 aliphatic carbocycles. The first kappa shape index (κ1) is 18.1. The third-order valence-corrected chi connectivity index (χ3v) is 4.13. The van der Waals surface area contributed by atoms with E-state index in [-0.39, 0.29) is 35.9 Å². The zero-order valence-corrected chi connectivity index (χ0v) is 14.9. The summed E-state index contributed by atoms with van der Waals surface area (Å²) in [6.45, 7) is 2.07. The van der Waals surface area contributed by atoms with Crippen molar-refractivity contribution < 1.29 is 4.79 Å². The number of hydrogen-bond acceptors (Lipinski definition) is 2. The van der Waals surface area contributed by atoms with Crippen LogP contribution in [0.4, 0.5) is 0 Å². The molecule has 1 saturated heterocycles. The van der Waals surface area contributed by atoms with Crippen LogP contribution in [0.1, 0.15) is 32.1 Å². The van der Waals surface area contributed by atoms with E-state index < -0.39 is 0 Å². The molecule has 5 nitrogen and oxygen atoms in total. The lowest BCUT2D eigenvalue weighted by molar-refractivity contribution is -0.134. The van der Waals surface area contributed by atoms with Crippen LogP contribution in [0.3, 0.4) is 0 Å². The van der Waals surface area contributed by atoms with E-state index in [0.717, 1.165) is 32.4 Å². The van der Waals surface area contributed by atoms with E-state index in [0.29, 0.717) is 18.4 Å². The van der Waals surface area contributed by atoms with Gasteiger partial charge in [0.25, 0.3) is 0 Å². The summed E-state index contributed by atoms with van der Waals surface area (Å²) >= 11 is 0. The fourth-order valence-electron chi connectivity index (χ4n) is 3.03. The Morgan fingerprint density at radius 1 is 1.38 bits per heavy atom. The van der Waals surface area contributed by atoms with Crippen molar-refractivity contribution in [2.75, 3.05) is 26.7 Å². The van der Waals surface area contributed by atoms with Crippen molar-refractivity contribution >= 4 is 35.8 Å². The first-order valence-corrected chi connectivity index (χ1v) is 7.44. The number of terminal acetylenes is 1. The summed E-state index contributed by atoms with van der Waals surface area (Å²) in [5, 5.41) is 6.37. The fraction of sp³-hybridized carbons (Fsp3) is 0.733. The fourth-order valence-corrected chi connectivity index (χ4v) is 3.03. The Labute approximate surface area is 144 Å². The van der Waals surface area contributed by atoms with Crippen LogP contribution in [0.15, 0.2) is 4.99 Å². The molecular formula is C15H25IN4O. The van der Waals surface area contributed by atoms with Crippen molar-refractivity contribution in [2.24, 2.45) is 10.9 Å². The van der Waals surface area contributed by atoms with Crippen molar-refractivity contribution in [3.05, 3.63) is 0 Å². The molecule has 0 radical (unpaired) electrons. The molecule has 1 unspecified atom stereocenters. The maximum Gasteiger partial charge on any atom is 0.225 e. The zero-order chi connectivity index (χ0) is 14.4. The number of rotatable bonds is 3. The number of guanidine groups is 1. The quantitative estimate of drug-likeness (QED) is 0.322. The Morgan fingerprint density at radius 3 is 2.71 bits per heavy atom.